The van der Waals surface area contributed by atoms with Gasteiger partial charge in [-0.2, -0.15) is 0 Å². The molecule has 0 aliphatic carbocycles. The predicted octanol–water partition coefficient (Wildman–Crippen LogP) is 4.63. The van der Waals surface area contributed by atoms with E-state index in [9.17, 15) is 9.59 Å². The molecule has 0 aliphatic heterocycles. The van der Waals surface area contributed by atoms with E-state index in [1.54, 1.807) is 42.5 Å². The highest BCUT2D eigenvalue weighted by Crippen LogP contribution is 2.24. The Morgan fingerprint density at radius 1 is 0.871 bits per heavy atom. The van der Waals surface area contributed by atoms with Crippen molar-refractivity contribution < 1.29 is 19.1 Å². The lowest BCUT2D eigenvalue weighted by molar-refractivity contribution is 0.0998. The van der Waals surface area contributed by atoms with E-state index in [2.05, 4.69) is 12.2 Å². The molecule has 3 aromatic carbocycles. The minimum atomic E-state index is -0.516. The van der Waals surface area contributed by atoms with Crippen LogP contribution in [0.2, 0.25) is 0 Å². The van der Waals surface area contributed by atoms with Gasteiger partial charge in [0.2, 0.25) is 5.91 Å². The number of rotatable bonds is 8. The Balaban J connectivity index is 1.76. The van der Waals surface area contributed by atoms with E-state index in [-0.39, 0.29) is 12.5 Å². The largest absolute Gasteiger partial charge is 0.493 e. The maximum atomic E-state index is 12.7. The molecule has 0 saturated carbocycles. The Morgan fingerprint density at radius 2 is 1.58 bits per heavy atom. The lowest BCUT2D eigenvalue weighted by Crippen LogP contribution is -2.14. The van der Waals surface area contributed by atoms with Gasteiger partial charge in [-0.25, -0.2) is 0 Å². The number of amides is 2. The number of anilines is 1. The van der Waals surface area contributed by atoms with Gasteiger partial charge in [-0.3, -0.25) is 9.59 Å². The molecule has 6 nitrogen and oxygen atoms in total. The molecule has 0 atom stereocenters. The van der Waals surface area contributed by atoms with Gasteiger partial charge in [0.05, 0.1) is 6.61 Å². The van der Waals surface area contributed by atoms with Crippen LogP contribution in [0.15, 0.2) is 60.7 Å². The third-order valence-electron chi connectivity index (χ3n) is 4.92. The summed E-state index contributed by atoms with van der Waals surface area (Å²) in [4.78, 5) is 23.9. The van der Waals surface area contributed by atoms with Crippen LogP contribution in [-0.4, -0.2) is 18.4 Å². The highest BCUT2D eigenvalue weighted by molar-refractivity contribution is 6.04. The number of ether oxygens (including phenoxy) is 2. The van der Waals surface area contributed by atoms with Crippen molar-refractivity contribution in [3.63, 3.8) is 0 Å². The number of aryl methyl sites for hydroxylation is 2. The summed E-state index contributed by atoms with van der Waals surface area (Å²) in [6.45, 7) is 6.77. The van der Waals surface area contributed by atoms with Gasteiger partial charge < -0.3 is 20.5 Å². The summed E-state index contributed by atoms with van der Waals surface area (Å²) >= 11 is 0. The van der Waals surface area contributed by atoms with E-state index in [4.69, 9.17) is 15.2 Å². The molecule has 3 N–H and O–H groups in total. The molecule has 0 spiro atoms. The predicted molar refractivity (Wildman–Crippen MR) is 121 cm³/mol. The highest BCUT2D eigenvalue weighted by atomic mass is 16.5. The average molecular weight is 418 g/mol. The number of carbonyl (C=O) groups excluding carboxylic acids is 2. The minimum absolute atomic E-state index is 0.270. The SMILES string of the molecule is CCOc1ccc(C(=O)Nc2ccc(C(N)=O)cc2)cc1COc1ccc(C)c(C)c1. The first-order chi connectivity index (χ1) is 14.9. The van der Waals surface area contributed by atoms with Gasteiger partial charge in [0, 0.05) is 22.4 Å². The van der Waals surface area contributed by atoms with E-state index in [0.29, 0.717) is 29.2 Å². The summed E-state index contributed by atoms with van der Waals surface area (Å²) in [5, 5.41) is 2.82. The molecule has 31 heavy (non-hydrogen) atoms. The Bertz CT molecular complexity index is 1090. The smallest absolute Gasteiger partial charge is 0.255 e. The molecular weight excluding hydrogens is 392 g/mol. The Labute approximate surface area is 182 Å². The summed E-state index contributed by atoms with van der Waals surface area (Å²) in [6, 6.07) is 17.6. The van der Waals surface area contributed by atoms with Crippen LogP contribution in [-0.2, 0) is 6.61 Å². The third kappa shape index (κ3) is 5.63. The van der Waals surface area contributed by atoms with Crippen molar-refractivity contribution in [2.24, 2.45) is 5.73 Å². The first kappa shape index (κ1) is 21.9. The molecule has 6 heteroatoms. The van der Waals surface area contributed by atoms with Gasteiger partial charge in [0.15, 0.2) is 0 Å². The summed E-state index contributed by atoms with van der Waals surface area (Å²) in [7, 11) is 0. The molecule has 160 valence electrons. The fourth-order valence-electron chi connectivity index (χ4n) is 3.02. The van der Waals surface area contributed by atoms with Crippen LogP contribution < -0.4 is 20.5 Å². The number of benzene rings is 3. The van der Waals surface area contributed by atoms with Gasteiger partial charge in [-0.1, -0.05) is 6.07 Å². The zero-order valence-corrected chi connectivity index (χ0v) is 17.9. The van der Waals surface area contributed by atoms with E-state index in [0.717, 1.165) is 16.9 Å². The van der Waals surface area contributed by atoms with E-state index in [1.165, 1.54) is 5.56 Å². The lowest BCUT2D eigenvalue weighted by atomic mass is 10.1. The van der Waals surface area contributed by atoms with E-state index < -0.39 is 5.91 Å². The molecule has 2 amide bonds. The fraction of sp³-hybridized carbons (Fsp3) is 0.200. The fourth-order valence-corrected chi connectivity index (χ4v) is 3.02. The van der Waals surface area contributed by atoms with Gasteiger partial charge in [-0.15, -0.1) is 0 Å². The molecule has 0 heterocycles. The normalized spacial score (nSPS) is 10.4. The zero-order chi connectivity index (χ0) is 22.4. The molecule has 0 aromatic heterocycles. The Morgan fingerprint density at radius 3 is 2.23 bits per heavy atom. The molecule has 0 bridgehead atoms. The van der Waals surface area contributed by atoms with Crippen LogP contribution in [0, 0.1) is 13.8 Å². The van der Waals surface area contributed by atoms with Crippen LogP contribution >= 0.6 is 0 Å². The Hall–Kier alpha value is -3.80. The Kier molecular flexibility index (Phi) is 6.92. The molecule has 0 fully saturated rings. The molecule has 0 radical (unpaired) electrons. The molecule has 3 aromatic rings. The monoisotopic (exact) mass is 418 g/mol. The lowest BCUT2D eigenvalue weighted by Gasteiger charge is -2.14. The van der Waals surface area contributed by atoms with Crippen LogP contribution in [0.3, 0.4) is 0 Å². The number of hydrogen-bond donors (Lipinski definition) is 2. The van der Waals surface area contributed by atoms with Crippen molar-refractivity contribution >= 4 is 17.5 Å². The van der Waals surface area contributed by atoms with Gasteiger partial charge in [-0.05, 0) is 86.5 Å². The van der Waals surface area contributed by atoms with Crippen molar-refractivity contribution in [1.82, 2.24) is 0 Å². The standard InChI is InChI=1S/C25H26N2O4/c1-4-30-23-12-8-19(25(29)27-21-9-6-18(7-10-21)24(26)28)14-20(23)15-31-22-11-5-16(2)17(3)13-22/h5-14H,4,15H2,1-3H3,(H2,26,28)(H,27,29). The minimum Gasteiger partial charge on any atom is -0.493 e. The second kappa shape index (κ2) is 9.80. The number of hydrogen-bond acceptors (Lipinski definition) is 4. The first-order valence-electron chi connectivity index (χ1n) is 10.0. The quantitative estimate of drug-likeness (QED) is 0.558. The van der Waals surface area contributed by atoms with E-state index >= 15 is 0 Å². The van der Waals surface area contributed by atoms with Crippen LogP contribution in [0.5, 0.6) is 11.5 Å². The number of nitrogens with two attached hydrogens (primary N) is 1. The number of primary amides is 1. The molecular formula is C25H26N2O4. The summed E-state index contributed by atoms with van der Waals surface area (Å²) < 4.78 is 11.6. The van der Waals surface area contributed by atoms with Crippen molar-refractivity contribution in [3.8, 4) is 11.5 Å². The maximum absolute atomic E-state index is 12.7. The topological polar surface area (TPSA) is 90.6 Å². The van der Waals surface area contributed by atoms with Crippen molar-refractivity contribution in [3.05, 3.63) is 88.5 Å². The summed E-state index contributed by atoms with van der Waals surface area (Å²) in [6.07, 6.45) is 0. The summed E-state index contributed by atoms with van der Waals surface area (Å²) in [5.41, 5.74) is 9.79. The number of nitrogens with one attached hydrogen (secondary N) is 1. The van der Waals surface area contributed by atoms with Crippen molar-refractivity contribution in [2.75, 3.05) is 11.9 Å². The average Bonchev–Trinajstić information content (AvgIpc) is 2.76. The summed E-state index contributed by atoms with van der Waals surface area (Å²) in [5.74, 6) is 0.642. The van der Waals surface area contributed by atoms with Gasteiger partial charge >= 0.3 is 0 Å². The third-order valence-corrected chi connectivity index (χ3v) is 4.92. The second-order valence-corrected chi connectivity index (χ2v) is 7.19. The van der Waals surface area contributed by atoms with Crippen molar-refractivity contribution in [1.29, 1.82) is 0 Å². The van der Waals surface area contributed by atoms with Gasteiger partial charge in [0.1, 0.15) is 18.1 Å². The maximum Gasteiger partial charge on any atom is 0.255 e. The van der Waals surface area contributed by atoms with Crippen molar-refractivity contribution in [2.45, 2.75) is 27.4 Å². The number of carbonyl (C=O) groups is 2. The zero-order valence-electron chi connectivity index (χ0n) is 17.9. The first-order valence-corrected chi connectivity index (χ1v) is 10.0. The molecule has 0 unspecified atom stereocenters. The van der Waals surface area contributed by atoms with E-state index in [1.807, 2.05) is 32.0 Å². The van der Waals surface area contributed by atoms with Crippen LogP contribution in [0.4, 0.5) is 5.69 Å². The molecule has 0 aliphatic rings. The van der Waals surface area contributed by atoms with Gasteiger partial charge in [0.25, 0.3) is 5.91 Å². The second-order valence-electron chi connectivity index (χ2n) is 7.19. The molecule has 0 saturated heterocycles. The van der Waals surface area contributed by atoms with Crippen LogP contribution in [0.1, 0.15) is 44.3 Å². The molecule has 3 rings (SSSR count). The van der Waals surface area contributed by atoms with Crippen LogP contribution in [0.25, 0.3) is 0 Å². The highest BCUT2D eigenvalue weighted by Gasteiger charge is 2.12.